The van der Waals surface area contributed by atoms with E-state index in [-0.39, 0.29) is 17.4 Å². The fourth-order valence-electron chi connectivity index (χ4n) is 3.72. The van der Waals surface area contributed by atoms with E-state index in [0.29, 0.717) is 48.9 Å². The van der Waals surface area contributed by atoms with Crippen LogP contribution in [0.15, 0.2) is 21.5 Å². The fourth-order valence-corrected chi connectivity index (χ4v) is 3.72. The van der Waals surface area contributed by atoms with Crippen LogP contribution in [0.3, 0.4) is 0 Å². The number of aromatic amines is 1. The maximum Gasteiger partial charge on any atom is 0.272 e. The van der Waals surface area contributed by atoms with Crippen LogP contribution < -0.4 is 5.56 Å². The number of aryl methyl sites for hydroxylation is 1. The first-order valence-electron chi connectivity index (χ1n) is 9.03. The minimum Gasteiger partial charge on any atom is -0.445 e. The third-order valence-corrected chi connectivity index (χ3v) is 5.17. The number of nitrogens with zero attached hydrogens (tertiary/aromatic N) is 4. The van der Waals surface area contributed by atoms with Gasteiger partial charge in [0.25, 0.3) is 11.5 Å². The second-order valence-corrected chi connectivity index (χ2v) is 7.04. The van der Waals surface area contributed by atoms with E-state index in [9.17, 15) is 9.59 Å². The Morgan fingerprint density at radius 2 is 2.26 bits per heavy atom. The van der Waals surface area contributed by atoms with Gasteiger partial charge in [-0.1, -0.05) is 0 Å². The van der Waals surface area contributed by atoms with Gasteiger partial charge < -0.3 is 14.1 Å². The van der Waals surface area contributed by atoms with Crippen molar-refractivity contribution < 1.29 is 13.9 Å². The lowest BCUT2D eigenvalue weighted by atomic mass is 10.1. The molecule has 0 radical (unpaired) electrons. The number of carbonyl (C=O) groups excluding carboxylic acids is 1. The molecule has 0 spiro atoms. The minimum atomic E-state index is -0.239. The van der Waals surface area contributed by atoms with Crippen molar-refractivity contribution in [2.75, 3.05) is 19.8 Å². The van der Waals surface area contributed by atoms with Crippen LogP contribution in [0.2, 0.25) is 0 Å². The van der Waals surface area contributed by atoms with Gasteiger partial charge in [-0.05, 0) is 13.3 Å². The summed E-state index contributed by atoms with van der Waals surface area (Å²) in [6, 6.07) is 1.43. The maximum atomic E-state index is 13.0. The van der Waals surface area contributed by atoms with Crippen molar-refractivity contribution in [1.29, 1.82) is 0 Å². The average Bonchev–Trinajstić information content (AvgIpc) is 3.38. The lowest BCUT2D eigenvalue weighted by Crippen LogP contribution is -2.36. The van der Waals surface area contributed by atoms with Crippen LogP contribution in [-0.4, -0.2) is 50.1 Å². The van der Waals surface area contributed by atoms with Crippen molar-refractivity contribution in [3.05, 3.63) is 51.2 Å². The highest BCUT2D eigenvalue weighted by atomic mass is 16.5. The summed E-state index contributed by atoms with van der Waals surface area (Å²) in [6.07, 6.45) is 3.07. The predicted molar refractivity (Wildman–Crippen MR) is 93.7 cm³/mol. The average molecular weight is 369 g/mol. The smallest absolute Gasteiger partial charge is 0.272 e. The summed E-state index contributed by atoms with van der Waals surface area (Å²) in [5.74, 6) is 1.59. The number of rotatable bonds is 2. The molecule has 2 aliphatic heterocycles. The van der Waals surface area contributed by atoms with Crippen LogP contribution in [-0.2, 0) is 17.7 Å². The number of fused-ring (bicyclic) bond motifs is 2. The van der Waals surface area contributed by atoms with Crippen LogP contribution in [0.1, 0.15) is 45.7 Å². The van der Waals surface area contributed by atoms with Crippen molar-refractivity contribution in [3.63, 3.8) is 0 Å². The fraction of sp³-hybridized carbons (Fsp3) is 0.444. The van der Waals surface area contributed by atoms with E-state index in [1.165, 1.54) is 16.8 Å². The third-order valence-electron chi connectivity index (χ3n) is 5.17. The van der Waals surface area contributed by atoms with E-state index in [1.54, 1.807) is 11.8 Å². The van der Waals surface area contributed by atoms with Gasteiger partial charge in [0.05, 0.1) is 19.1 Å². The number of hydrogen-bond donors (Lipinski definition) is 1. The Labute approximate surface area is 153 Å². The summed E-state index contributed by atoms with van der Waals surface area (Å²) in [5, 5.41) is 2.81. The summed E-state index contributed by atoms with van der Waals surface area (Å²) in [7, 11) is 0. The molecule has 5 rings (SSSR count). The summed E-state index contributed by atoms with van der Waals surface area (Å²) < 4.78 is 12.6. The van der Waals surface area contributed by atoms with E-state index < -0.39 is 0 Å². The number of nitrogens with one attached hydrogen (secondary N) is 1. The zero-order valence-electron chi connectivity index (χ0n) is 14.9. The van der Waals surface area contributed by atoms with Gasteiger partial charge in [0.15, 0.2) is 11.5 Å². The van der Waals surface area contributed by atoms with Crippen molar-refractivity contribution in [2.24, 2.45) is 0 Å². The topological polar surface area (TPSA) is 106 Å². The highest BCUT2D eigenvalue weighted by Crippen LogP contribution is 2.29. The molecular weight excluding hydrogens is 350 g/mol. The number of amides is 1. The van der Waals surface area contributed by atoms with E-state index >= 15 is 0 Å². The molecule has 9 heteroatoms. The van der Waals surface area contributed by atoms with Crippen LogP contribution in [0.4, 0.5) is 0 Å². The highest BCUT2D eigenvalue weighted by Gasteiger charge is 2.30. The van der Waals surface area contributed by atoms with Crippen LogP contribution in [0.25, 0.3) is 5.65 Å². The molecule has 1 N–H and O–H groups in total. The Bertz CT molecular complexity index is 1090. The lowest BCUT2D eigenvalue weighted by Gasteiger charge is -2.24. The van der Waals surface area contributed by atoms with Crippen molar-refractivity contribution in [1.82, 2.24) is 24.5 Å². The minimum absolute atomic E-state index is 0.175. The first kappa shape index (κ1) is 16.2. The standard InChI is InChI=1S/C18H19N5O4/c1-10-6-15(24)23-16(20-10)12(7-19-23)18(25)22-4-2-14-13(8-22)21-17(27-14)11-3-5-26-9-11/h6-7,11,19H,2-5,8-9H2,1H3. The van der Waals surface area contributed by atoms with Crippen molar-refractivity contribution in [2.45, 2.75) is 32.2 Å². The highest BCUT2D eigenvalue weighted by molar-refractivity contribution is 5.99. The first-order chi connectivity index (χ1) is 13.1. The van der Waals surface area contributed by atoms with E-state index in [0.717, 1.165) is 24.5 Å². The van der Waals surface area contributed by atoms with Crippen molar-refractivity contribution in [3.8, 4) is 0 Å². The van der Waals surface area contributed by atoms with Crippen molar-refractivity contribution >= 4 is 11.6 Å². The molecule has 5 heterocycles. The summed E-state index contributed by atoms with van der Waals surface area (Å²) in [4.78, 5) is 35.8. The molecule has 0 aliphatic carbocycles. The second kappa shape index (κ2) is 6.05. The molecule has 0 aromatic carbocycles. The number of carbonyl (C=O) groups is 1. The lowest BCUT2D eigenvalue weighted by molar-refractivity contribution is 0.0729. The van der Waals surface area contributed by atoms with Crippen LogP contribution >= 0.6 is 0 Å². The zero-order valence-corrected chi connectivity index (χ0v) is 14.9. The molecule has 1 fully saturated rings. The number of H-pyrrole nitrogens is 1. The molecule has 1 atom stereocenters. The Hall–Kier alpha value is -2.94. The van der Waals surface area contributed by atoms with Gasteiger partial charge in [0.1, 0.15) is 17.0 Å². The molecular formula is C18H19N5O4. The van der Waals surface area contributed by atoms with Gasteiger partial charge in [-0.3, -0.25) is 14.7 Å². The number of ether oxygens (including phenoxy) is 1. The summed E-state index contributed by atoms with van der Waals surface area (Å²) in [5.41, 5.74) is 1.87. The maximum absolute atomic E-state index is 13.0. The molecule has 1 saturated heterocycles. The molecule has 140 valence electrons. The number of oxazole rings is 1. The Morgan fingerprint density at radius 1 is 1.37 bits per heavy atom. The second-order valence-electron chi connectivity index (χ2n) is 7.04. The monoisotopic (exact) mass is 369 g/mol. The van der Waals surface area contributed by atoms with Gasteiger partial charge >= 0.3 is 0 Å². The van der Waals surface area contributed by atoms with Gasteiger partial charge in [-0.2, -0.15) is 0 Å². The van der Waals surface area contributed by atoms with E-state index in [4.69, 9.17) is 9.15 Å². The third kappa shape index (κ3) is 2.66. The molecule has 2 aliphatic rings. The Balaban J connectivity index is 1.43. The molecule has 9 nitrogen and oxygen atoms in total. The molecule has 0 saturated carbocycles. The molecule has 0 bridgehead atoms. The molecule has 1 amide bonds. The Kier molecular flexibility index (Phi) is 3.64. The van der Waals surface area contributed by atoms with Gasteiger partial charge in [0.2, 0.25) is 0 Å². The zero-order chi connectivity index (χ0) is 18.5. The quantitative estimate of drug-likeness (QED) is 0.723. The predicted octanol–water partition coefficient (Wildman–Crippen LogP) is 1.02. The SMILES string of the molecule is Cc1cc(=O)n2[nH]cc(C(=O)N3CCc4oc(C5CCOC5)nc4C3)c2n1. The van der Waals surface area contributed by atoms with Gasteiger partial charge in [-0.15, -0.1) is 0 Å². The van der Waals surface area contributed by atoms with E-state index in [1.807, 2.05) is 0 Å². The largest absolute Gasteiger partial charge is 0.445 e. The van der Waals surface area contributed by atoms with Crippen LogP contribution in [0, 0.1) is 6.92 Å². The number of aromatic nitrogens is 4. The van der Waals surface area contributed by atoms with Crippen LogP contribution in [0.5, 0.6) is 0 Å². The van der Waals surface area contributed by atoms with Gasteiger partial charge in [0, 0.05) is 37.5 Å². The first-order valence-corrected chi connectivity index (χ1v) is 9.03. The Morgan fingerprint density at radius 3 is 3.07 bits per heavy atom. The number of hydrogen-bond acceptors (Lipinski definition) is 6. The molecule has 3 aromatic rings. The van der Waals surface area contributed by atoms with Gasteiger partial charge in [-0.25, -0.2) is 14.5 Å². The summed E-state index contributed by atoms with van der Waals surface area (Å²) >= 11 is 0. The normalized spacial score (nSPS) is 19.6. The molecule has 3 aromatic heterocycles. The molecule has 1 unspecified atom stereocenters. The summed E-state index contributed by atoms with van der Waals surface area (Å²) in [6.45, 7) is 4.03. The molecule has 27 heavy (non-hydrogen) atoms. The van der Waals surface area contributed by atoms with E-state index in [2.05, 4.69) is 15.1 Å².